The van der Waals surface area contributed by atoms with Gasteiger partial charge in [0, 0.05) is 0 Å². The van der Waals surface area contributed by atoms with Gasteiger partial charge in [-0.05, 0) is 0 Å². The third kappa shape index (κ3) is 3.16. The second-order valence-corrected chi connectivity index (χ2v) is 2.34. The Kier molecular flexibility index (Phi) is 3.91. The lowest BCUT2D eigenvalue weighted by molar-refractivity contribution is -0.460. The Labute approximate surface area is 77.4 Å². The quantitative estimate of drug-likeness (QED) is 0.612. The zero-order chi connectivity index (χ0) is 12.5. The Bertz CT molecular complexity index is 192. The molecule has 0 amide bonds. The maximum atomic E-state index is 11.7. The summed E-state index contributed by atoms with van der Waals surface area (Å²) in [5.41, 5.74) is 0. The Morgan fingerprint density at radius 3 is 1.47 bits per heavy atom. The van der Waals surface area contributed by atoms with E-state index in [2.05, 4.69) is 4.74 Å². The highest BCUT2D eigenvalue weighted by atomic mass is 19.4. The summed E-state index contributed by atoms with van der Waals surface area (Å²) in [4.78, 5) is 0. The molecule has 0 unspecified atom stereocenters. The van der Waals surface area contributed by atoms with Gasteiger partial charge in [-0.15, -0.1) is 0 Å². The minimum Gasteiger partial charge on any atom is -0.351 e. The van der Waals surface area contributed by atoms with Crippen LogP contribution >= 0.6 is 0 Å². The van der Waals surface area contributed by atoms with Gasteiger partial charge in [0.1, 0.15) is 6.61 Å². The number of halogens is 8. The van der Waals surface area contributed by atoms with Crippen LogP contribution in [0.15, 0.2) is 0 Å². The number of hydrogen-bond acceptors (Lipinski definition) is 2. The highest BCUT2D eigenvalue weighted by molar-refractivity contribution is 4.84. The maximum Gasteiger partial charge on any atom is 0.453 e. The Morgan fingerprint density at radius 2 is 1.27 bits per heavy atom. The molecule has 15 heavy (non-hydrogen) atoms. The zero-order valence-electron chi connectivity index (χ0n) is 6.66. The minimum atomic E-state index is -6.25. The molecule has 0 fully saturated rings. The van der Waals surface area contributed by atoms with Crippen LogP contribution in [0, 0.1) is 0 Å². The molecule has 0 aromatic heterocycles. The molecule has 0 aliphatic rings. The van der Waals surface area contributed by atoms with E-state index in [-0.39, 0.29) is 0 Å². The normalized spacial score (nSPS) is 14.8. The summed E-state index contributed by atoms with van der Waals surface area (Å²) in [5, 5.41) is 8.13. The van der Waals surface area contributed by atoms with Gasteiger partial charge < -0.3 is 9.84 Å². The Balaban J connectivity index is 4.90. The summed E-state index contributed by atoms with van der Waals surface area (Å²) in [7, 11) is 0. The molecule has 0 aliphatic carbocycles. The molecule has 0 aromatic carbocycles. The number of rotatable bonds is 3. The smallest absolute Gasteiger partial charge is 0.351 e. The minimum absolute atomic E-state index is 2.18. The van der Waals surface area contributed by atoms with Crippen LogP contribution in [-0.4, -0.2) is 36.3 Å². The number of ether oxygens (including phenoxy) is 1. The molecule has 0 aliphatic heterocycles. The van der Waals surface area contributed by atoms with E-state index in [9.17, 15) is 35.1 Å². The third-order valence-electron chi connectivity index (χ3n) is 1.19. The molecule has 2 nitrogen and oxygen atoms in total. The number of alkyl halides is 8. The van der Waals surface area contributed by atoms with E-state index in [1.807, 2.05) is 0 Å². The zero-order valence-corrected chi connectivity index (χ0v) is 6.66. The van der Waals surface area contributed by atoms with Crippen LogP contribution in [0.2, 0.25) is 0 Å². The standard InChI is InChI=1S/C5H4F8O2/c6-2(7)1-15-3(14,4(8,9)10)5(11,12)13/h2,14H,1H2. The molecule has 0 bridgehead atoms. The van der Waals surface area contributed by atoms with Crippen molar-refractivity contribution in [1.29, 1.82) is 0 Å². The van der Waals surface area contributed by atoms with Crippen molar-refractivity contribution in [2.24, 2.45) is 0 Å². The lowest BCUT2D eigenvalue weighted by Gasteiger charge is -2.31. The summed E-state index contributed by atoms with van der Waals surface area (Å²) in [6, 6.07) is 0. The predicted molar refractivity (Wildman–Crippen MR) is 29.0 cm³/mol. The van der Waals surface area contributed by atoms with Crippen molar-refractivity contribution in [3.8, 4) is 0 Å². The average molecular weight is 248 g/mol. The van der Waals surface area contributed by atoms with Crippen molar-refractivity contribution < 1.29 is 45.0 Å². The molecule has 10 heteroatoms. The Hall–Kier alpha value is -0.640. The van der Waals surface area contributed by atoms with Gasteiger partial charge in [-0.25, -0.2) is 8.78 Å². The summed E-state index contributed by atoms with van der Waals surface area (Å²) < 4.78 is 95.8. The summed E-state index contributed by atoms with van der Waals surface area (Å²) in [5.74, 6) is -5.57. The lowest BCUT2D eigenvalue weighted by atomic mass is 10.2. The number of hydrogen-bond donors (Lipinski definition) is 1. The van der Waals surface area contributed by atoms with Gasteiger partial charge in [-0.1, -0.05) is 0 Å². The van der Waals surface area contributed by atoms with Crippen molar-refractivity contribution in [1.82, 2.24) is 0 Å². The molecule has 1 N–H and O–H groups in total. The third-order valence-corrected chi connectivity index (χ3v) is 1.19. The van der Waals surface area contributed by atoms with Crippen LogP contribution in [0.25, 0.3) is 0 Å². The van der Waals surface area contributed by atoms with E-state index in [1.54, 1.807) is 0 Å². The van der Waals surface area contributed by atoms with Gasteiger partial charge in [-0.2, -0.15) is 26.3 Å². The first-order valence-electron chi connectivity index (χ1n) is 3.19. The largest absolute Gasteiger partial charge is 0.453 e. The molecule has 0 saturated heterocycles. The first kappa shape index (κ1) is 14.4. The van der Waals surface area contributed by atoms with Crippen molar-refractivity contribution in [2.75, 3.05) is 6.61 Å². The van der Waals surface area contributed by atoms with Crippen LogP contribution in [0.1, 0.15) is 0 Å². The molecule has 0 rings (SSSR count). The first-order chi connectivity index (χ1) is 6.42. The second kappa shape index (κ2) is 4.08. The summed E-state index contributed by atoms with van der Waals surface area (Å²) in [6.45, 7) is -2.18. The molecule has 0 heterocycles. The van der Waals surface area contributed by atoms with E-state index < -0.39 is 31.2 Å². The highest BCUT2D eigenvalue weighted by Gasteiger charge is 2.72. The topological polar surface area (TPSA) is 29.5 Å². The van der Waals surface area contributed by atoms with Gasteiger partial charge in [0.2, 0.25) is 0 Å². The van der Waals surface area contributed by atoms with Gasteiger partial charge >= 0.3 is 18.1 Å². The van der Waals surface area contributed by atoms with Gasteiger partial charge in [0.25, 0.3) is 6.43 Å². The van der Waals surface area contributed by atoms with Crippen molar-refractivity contribution in [2.45, 2.75) is 24.6 Å². The monoisotopic (exact) mass is 248 g/mol. The number of aliphatic hydroxyl groups is 1. The van der Waals surface area contributed by atoms with Gasteiger partial charge in [0.15, 0.2) is 0 Å². The average Bonchev–Trinajstić information content (AvgIpc) is 1.95. The van der Waals surface area contributed by atoms with E-state index >= 15 is 0 Å². The van der Waals surface area contributed by atoms with Gasteiger partial charge in [0.05, 0.1) is 0 Å². The van der Waals surface area contributed by atoms with Crippen LogP contribution in [0.3, 0.4) is 0 Å². The van der Waals surface area contributed by atoms with E-state index in [1.165, 1.54) is 0 Å². The van der Waals surface area contributed by atoms with E-state index in [0.717, 1.165) is 0 Å². The SMILES string of the molecule is OC(OCC(F)F)(C(F)(F)F)C(F)(F)F. The summed E-state index contributed by atoms with van der Waals surface area (Å²) in [6.07, 6.45) is -16.1. The van der Waals surface area contributed by atoms with Gasteiger partial charge in [-0.3, -0.25) is 0 Å². The molecule has 92 valence electrons. The van der Waals surface area contributed by atoms with Crippen LogP contribution in [0.4, 0.5) is 35.1 Å². The van der Waals surface area contributed by atoms with Crippen LogP contribution in [0.5, 0.6) is 0 Å². The fourth-order valence-electron chi connectivity index (χ4n) is 0.508. The molecule has 0 saturated carbocycles. The van der Waals surface area contributed by atoms with E-state index in [0.29, 0.717) is 0 Å². The summed E-state index contributed by atoms with van der Waals surface area (Å²) >= 11 is 0. The van der Waals surface area contributed by atoms with Crippen LogP contribution < -0.4 is 0 Å². The Morgan fingerprint density at radius 1 is 0.933 bits per heavy atom. The van der Waals surface area contributed by atoms with E-state index in [4.69, 9.17) is 5.11 Å². The fourth-order valence-corrected chi connectivity index (χ4v) is 0.508. The van der Waals surface area contributed by atoms with Crippen molar-refractivity contribution >= 4 is 0 Å². The molecule has 0 radical (unpaired) electrons. The first-order valence-corrected chi connectivity index (χ1v) is 3.19. The second-order valence-electron chi connectivity index (χ2n) is 2.34. The predicted octanol–water partition coefficient (Wildman–Crippen LogP) is 2.08. The highest BCUT2D eigenvalue weighted by Crippen LogP contribution is 2.43. The van der Waals surface area contributed by atoms with Crippen LogP contribution in [-0.2, 0) is 4.74 Å². The molecule has 0 spiro atoms. The molecule has 0 aromatic rings. The fraction of sp³-hybridized carbons (Fsp3) is 1.00. The molecular weight excluding hydrogens is 244 g/mol. The van der Waals surface area contributed by atoms with Crippen molar-refractivity contribution in [3.63, 3.8) is 0 Å². The molecular formula is C5H4F8O2. The maximum absolute atomic E-state index is 11.7. The molecule has 0 atom stereocenters. The lowest BCUT2D eigenvalue weighted by Crippen LogP contribution is -2.59. The van der Waals surface area contributed by atoms with Crippen molar-refractivity contribution in [3.05, 3.63) is 0 Å².